The van der Waals surface area contributed by atoms with E-state index in [1.54, 1.807) is 0 Å². The van der Waals surface area contributed by atoms with Crippen LogP contribution in [0.15, 0.2) is 39.4 Å². The Balaban J connectivity index is 2.65. The SMILES string of the molecule is CC(C)(C)/C(Cl)=C/[I+]c1ccccc1. The predicted octanol–water partition coefficient (Wildman–Crippen LogP) is 1.07. The number of halogens is 2. The van der Waals surface area contributed by atoms with Gasteiger partial charge >= 0.3 is 21.2 Å². The smallest absolute Gasteiger partial charge is 0.0843 e. The Labute approximate surface area is 102 Å². The van der Waals surface area contributed by atoms with Crippen LogP contribution in [-0.2, 0) is 0 Å². The Hall–Kier alpha value is -0.0200. The van der Waals surface area contributed by atoms with Crippen molar-refractivity contribution in [3.05, 3.63) is 43.0 Å². The van der Waals surface area contributed by atoms with Gasteiger partial charge in [-0.15, -0.1) is 0 Å². The van der Waals surface area contributed by atoms with E-state index in [0.717, 1.165) is 5.03 Å². The van der Waals surface area contributed by atoms with Gasteiger partial charge in [0.1, 0.15) is 0 Å². The van der Waals surface area contributed by atoms with Gasteiger partial charge in [-0.1, -0.05) is 50.6 Å². The second kappa shape index (κ2) is 5.17. The summed E-state index contributed by atoms with van der Waals surface area (Å²) in [5.41, 5.74) is 0.0933. The number of allylic oxidation sites excluding steroid dienone is 1. The summed E-state index contributed by atoms with van der Waals surface area (Å²) in [5, 5.41) is 0.981. The minimum atomic E-state index is -0.0734. The van der Waals surface area contributed by atoms with Crippen molar-refractivity contribution in [3.8, 4) is 0 Å². The summed E-state index contributed by atoms with van der Waals surface area (Å²) in [6.07, 6.45) is 0. The van der Waals surface area contributed by atoms with Crippen molar-refractivity contribution >= 4 is 11.6 Å². The van der Waals surface area contributed by atoms with E-state index in [0.29, 0.717) is 0 Å². The average molecular weight is 322 g/mol. The van der Waals surface area contributed by atoms with E-state index in [9.17, 15) is 0 Å². The van der Waals surface area contributed by atoms with Gasteiger partial charge in [0.2, 0.25) is 0 Å². The monoisotopic (exact) mass is 321 g/mol. The highest BCUT2D eigenvalue weighted by molar-refractivity contribution is 6.30. The normalized spacial score (nSPS) is 13.0. The lowest BCUT2D eigenvalue weighted by Gasteiger charge is -2.14. The Morgan fingerprint density at radius 2 is 1.79 bits per heavy atom. The van der Waals surface area contributed by atoms with E-state index >= 15 is 0 Å². The fourth-order valence-electron chi connectivity index (χ4n) is 0.762. The number of hydrogen-bond acceptors (Lipinski definition) is 0. The van der Waals surface area contributed by atoms with Crippen LogP contribution in [0.1, 0.15) is 20.8 Å². The van der Waals surface area contributed by atoms with Gasteiger partial charge in [-0.2, -0.15) is 0 Å². The summed E-state index contributed by atoms with van der Waals surface area (Å²) >= 11 is 6.12. The largest absolute Gasteiger partial charge is 0.350 e. The van der Waals surface area contributed by atoms with Crippen LogP contribution in [0.25, 0.3) is 0 Å². The van der Waals surface area contributed by atoms with Crippen LogP contribution >= 0.6 is 11.6 Å². The molecule has 0 saturated heterocycles. The minimum Gasteiger partial charge on any atom is -0.0843 e. The van der Waals surface area contributed by atoms with Crippen LogP contribution in [0, 0.1) is 8.99 Å². The minimum absolute atomic E-state index is 0.0734. The molecule has 14 heavy (non-hydrogen) atoms. The summed E-state index contributed by atoms with van der Waals surface area (Å²) in [6, 6.07) is 10.5. The molecule has 0 spiro atoms. The third kappa shape index (κ3) is 4.01. The molecule has 0 aliphatic heterocycles. The lowest BCUT2D eigenvalue weighted by atomic mass is 9.97. The zero-order valence-electron chi connectivity index (χ0n) is 8.72. The molecular weight excluding hydrogens is 306 g/mol. The Bertz CT molecular complexity index is 309. The van der Waals surface area contributed by atoms with E-state index in [1.807, 2.05) is 6.07 Å². The second-order valence-corrected chi connectivity index (χ2v) is 7.01. The molecule has 0 atom stereocenters. The quantitative estimate of drug-likeness (QED) is 0.715. The van der Waals surface area contributed by atoms with Crippen LogP contribution in [0.3, 0.4) is 0 Å². The van der Waals surface area contributed by atoms with E-state index in [-0.39, 0.29) is 26.6 Å². The predicted molar refractivity (Wildman–Crippen MR) is 58.5 cm³/mol. The molecule has 0 saturated carbocycles. The standard InChI is InChI=1S/C12H15ClI/c1-12(2,3)11(13)9-14-10-7-5-4-6-8-10/h4-9H,1-3H3/q+1/b11-9-. The van der Waals surface area contributed by atoms with Gasteiger partial charge in [0.05, 0.1) is 5.03 Å². The molecule has 0 fully saturated rings. The van der Waals surface area contributed by atoms with Gasteiger partial charge in [0.25, 0.3) is 0 Å². The summed E-state index contributed by atoms with van der Waals surface area (Å²) in [5.74, 6) is 0. The molecule has 0 unspecified atom stereocenters. The molecule has 0 heterocycles. The Morgan fingerprint density at radius 1 is 1.21 bits per heavy atom. The molecule has 0 radical (unpaired) electrons. The van der Waals surface area contributed by atoms with Crippen LogP contribution < -0.4 is 21.2 Å². The van der Waals surface area contributed by atoms with Crippen molar-refractivity contribution in [2.24, 2.45) is 5.41 Å². The molecule has 2 heteroatoms. The lowest BCUT2D eigenvalue weighted by molar-refractivity contribution is -0.557. The van der Waals surface area contributed by atoms with E-state index in [4.69, 9.17) is 11.6 Å². The molecule has 76 valence electrons. The van der Waals surface area contributed by atoms with Crippen molar-refractivity contribution in [1.82, 2.24) is 0 Å². The highest BCUT2D eigenvalue weighted by Gasteiger charge is 2.19. The molecule has 0 aliphatic rings. The highest BCUT2D eigenvalue weighted by atomic mass is 127. The molecule has 0 aliphatic carbocycles. The summed E-state index contributed by atoms with van der Waals surface area (Å²) in [6.45, 7) is 6.42. The Morgan fingerprint density at radius 3 is 2.29 bits per heavy atom. The molecule has 0 amide bonds. The van der Waals surface area contributed by atoms with Crippen molar-refractivity contribution in [2.75, 3.05) is 0 Å². The van der Waals surface area contributed by atoms with Gasteiger partial charge in [0, 0.05) is 5.41 Å². The van der Waals surface area contributed by atoms with Crippen LogP contribution in [-0.4, -0.2) is 0 Å². The first-order valence-corrected chi connectivity index (χ1v) is 7.25. The van der Waals surface area contributed by atoms with Gasteiger partial charge in [0.15, 0.2) is 7.65 Å². The third-order valence-corrected chi connectivity index (χ3v) is 5.14. The first kappa shape index (κ1) is 12.1. The van der Waals surface area contributed by atoms with E-state index < -0.39 is 0 Å². The fourth-order valence-corrected chi connectivity index (χ4v) is 3.44. The third-order valence-electron chi connectivity index (χ3n) is 1.73. The molecule has 0 aromatic heterocycles. The molecular formula is C12H15ClI+. The summed E-state index contributed by atoms with van der Waals surface area (Å²) in [4.78, 5) is 0. The van der Waals surface area contributed by atoms with Crippen molar-refractivity contribution in [2.45, 2.75) is 20.8 Å². The van der Waals surface area contributed by atoms with Crippen LogP contribution in [0.4, 0.5) is 0 Å². The Kier molecular flexibility index (Phi) is 4.45. The van der Waals surface area contributed by atoms with Gasteiger partial charge in [-0.3, -0.25) is 0 Å². The van der Waals surface area contributed by atoms with Gasteiger partial charge < -0.3 is 0 Å². The molecule has 0 nitrogen and oxygen atoms in total. The maximum Gasteiger partial charge on any atom is 0.350 e. The number of hydrogen-bond donors (Lipinski definition) is 0. The first-order chi connectivity index (χ1) is 6.50. The maximum absolute atomic E-state index is 6.20. The van der Waals surface area contributed by atoms with Crippen molar-refractivity contribution in [3.63, 3.8) is 0 Å². The molecule has 0 N–H and O–H groups in total. The van der Waals surface area contributed by atoms with Crippen molar-refractivity contribution < 1.29 is 21.2 Å². The van der Waals surface area contributed by atoms with Crippen LogP contribution in [0.2, 0.25) is 0 Å². The fraction of sp³-hybridized carbons (Fsp3) is 0.333. The van der Waals surface area contributed by atoms with Gasteiger partial charge in [-0.05, 0) is 12.1 Å². The van der Waals surface area contributed by atoms with E-state index in [2.05, 4.69) is 49.1 Å². The first-order valence-electron chi connectivity index (χ1n) is 4.55. The topological polar surface area (TPSA) is 0 Å². The van der Waals surface area contributed by atoms with Crippen molar-refractivity contribution in [1.29, 1.82) is 0 Å². The molecule has 0 bridgehead atoms. The maximum atomic E-state index is 6.20. The number of benzene rings is 1. The molecule has 1 aromatic rings. The lowest BCUT2D eigenvalue weighted by Crippen LogP contribution is -3.59. The average Bonchev–Trinajstić information content (AvgIpc) is 2.14. The molecule has 1 aromatic carbocycles. The molecule has 1 rings (SSSR count). The van der Waals surface area contributed by atoms with E-state index in [1.165, 1.54) is 3.57 Å². The van der Waals surface area contributed by atoms with Gasteiger partial charge in [-0.25, -0.2) is 0 Å². The highest BCUT2D eigenvalue weighted by Crippen LogP contribution is 2.26. The van der Waals surface area contributed by atoms with Crippen LogP contribution in [0.5, 0.6) is 0 Å². The number of rotatable bonds is 2. The summed E-state index contributed by atoms with van der Waals surface area (Å²) < 4.78 is 3.61. The zero-order chi connectivity index (χ0) is 10.6. The zero-order valence-corrected chi connectivity index (χ0v) is 11.6. The summed E-state index contributed by atoms with van der Waals surface area (Å²) in [7, 11) is 0. The second-order valence-electron chi connectivity index (χ2n) is 4.11.